The van der Waals surface area contributed by atoms with E-state index in [-0.39, 0.29) is 5.82 Å². The Morgan fingerprint density at radius 1 is 1.42 bits per heavy atom. The van der Waals surface area contributed by atoms with Crippen LogP contribution in [-0.4, -0.2) is 19.0 Å². The van der Waals surface area contributed by atoms with Crippen molar-refractivity contribution in [3.8, 4) is 0 Å². The van der Waals surface area contributed by atoms with E-state index in [1.165, 1.54) is 6.07 Å². The maximum atomic E-state index is 12.9. The Kier molecular flexibility index (Phi) is 6.33. The second-order valence-corrected chi connectivity index (χ2v) is 5.20. The second-order valence-electron chi connectivity index (χ2n) is 5.20. The average molecular weight is 265 g/mol. The van der Waals surface area contributed by atoms with Gasteiger partial charge in [0.05, 0.1) is 0 Å². The van der Waals surface area contributed by atoms with E-state index in [0.29, 0.717) is 18.4 Å². The quantitative estimate of drug-likeness (QED) is 0.613. The van der Waals surface area contributed by atoms with Crippen molar-refractivity contribution in [2.24, 2.45) is 16.6 Å². The van der Waals surface area contributed by atoms with Crippen molar-refractivity contribution in [3.05, 3.63) is 35.1 Å². The molecule has 0 fully saturated rings. The van der Waals surface area contributed by atoms with Gasteiger partial charge in [0.1, 0.15) is 5.82 Å². The summed E-state index contributed by atoms with van der Waals surface area (Å²) >= 11 is 0. The Morgan fingerprint density at radius 3 is 2.79 bits per heavy atom. The van der Waals surface area contributed by atoms with Crippen LogP contribution in [0.15, 0.2) is 23.2 Å². The fourth-order valence-corrected chi connectivity index (χ4v) is 1.76. The van der Waals surface area contributed by atoms with E-state index in [2.05, 4.69) is 24.2 Å². The molecule has 0 bridgehead atoms. The number of nitrogens with zero attached hydrogens (tertiary/aromatic N) is 1. The van der Waals surface area contributed by atoms with Crippen LogP contribution in [0, 0.1) is 18.7 Å². The van der Waals surface area contributed by atoms with Crippen LogP contribution < -0.4 is 11.1 Å². The first-order valence-corrected chi connectivity index (χ1v) is 6.78. The molecule has 3 N–H and O–H groups in total. The van der Waals surface area contributed by atoms with Gasteiger partial charge in [0.15, 0.2) is 5.96 Å². The second kappa shape index (κ2) is 7.77. The summed E-state index contributed by atoms with van der Waals surface area (Å²) in [5.74, 6) is 0.933. The first-order valence-electron chi connectivity index (χ1n) is 6.78. The average Bonchev–Trinajstić information content (AvgIpc) is 2.31. The van der Waals surface area contributed by atoms with Crippen molar-refractivity contribution in [2.75, 3.05) is 13.1 Å². The van der Waals surface area contributed by atoms with Crippen molar-refractivity contribution >= 4 is 5.96 Å². The molecule has 0 aliphatic heterocycles. The van der Waals surface area contributed by atoms with E-state index < -0.39 is 0 Å². The molecule has 3 nitrogen and oxygen atoms in total. The van der Waals surface area contributed by atoms with Crippen LogP contribution >= 0.6 is 0 Å². The third-order valence-electron chi connectivity index (χ3n) is 2.99. The topological polar surface area (TPSA) is 50.4 Å². The largest absolute Gasteiger partial charge is 0.370 e. The lowest BCUT2D eigenvalue weighted by atomic mass is 10.1. The van der Waals surface area contributed by atoms with Gasteiger partial charge in [-0.3, -0.25) is 4.99 Å². The maximum Gasteiger partial charge on any atom is 0.188 e. The smallest absolute Gasteiger partial charge is 0.188 e. The molecule has 1 aromatic rings. The molecule has 1 aromatic carbocycles. The minimum Gasteiger partial charge on any atom is -0.370 e. The Bertz CT molecular complexity index is 427. The van der Waals surface area contributed by atoms with Gasteiger partial charge in [-0.05, 0) is 48.9 Å². The van der Waals surface area contributed by atoms with Gasteiger partial charge in [0.25, 0.3) is 0 Å². The molecule has 0 aromatic heterocycles. The first kappa shape index (κ1) is 15.5. The minimum atomic E-state index is -0.191. The summed E-state index contributed by atoms with van der Waals surface area (Å²) in [6, 6.07) is 4.86. The normalized spacial score (nSPS) is 11.9. The summed E-state index contributed by atoms with van der Waals surface area (Å²) in [6.45, 7) is 7.71. The highest BCUT2D eigenvalue weighted by molar-refractivity contribution is 5.77. The monoisotopic (exact) mass is 265 g/mol. The van der Waals surface area contributed by atoms with Crippen LogP contribution in [0.1, 0.15) is 31.4 Å². The number of hydrogen-bond acceptors (Lipinski definition) is 1. The number of benzene rings is 1. The standard InChI is InChI=1S/C15H24FN3/c1-11(2)6-8-18-15(17)19-9-7-13-4-5-14(16)10-12(13)3/h4-5,10-11H,6-9H2,1-3H3,(H3,17,18,19). The number of aryl methyl sites for hydroxylation is 1. The number of aliphatic imine (C=N–C) groups is 1. The summed E-state index contributed by atoms with van der Waals surface area (Å²) < 4.78 is 12.9. The zero-order valence-corrected chi connectivity index (χ0v) is 12.0. The van der Waals surface area contributed by atoms with Crippen molar-refractivity contribution in [1.29, 1.82) is 0 Å². The molecule has 0 saturated heterocycles. The predicted molar refractivity (Wildman–Crippen MR) is 78.8 cm³/mol. The molecule has 4 heteroatoms. The Balaban J connectivity index is 2.33. The lowest BCUT2D eigenvalue weighted by molar-refractivity contribution is 0.595. The molecule has 1 rings (SSSR count). The highest BCUT2D eigenvalue weighted by Crippen LogP contribution is 2.10. The molecular formula is C15H24FN3. The van der Waals surface area contributed by atoms with Crippen LogP contribution in [-0.2, 0) is 6.42 Å². The van der Waals surface area contributed by atoms with Crippen molar-refractivity contribution in [2.45, 2.75) is 33.6 Å². The summed E-state index contributed by atoms with van der Waals surface area (Å²) in [5.41, 5.74) is 7.86. The van der Waals surface area contributed by atoms with Gasteiger partial charge in [0, 0.05) is 13.1 Å². The summed E-state index contributed by atoms with van der Waals surface area (Å²) in [4.78, 5) is 4.26. The SMILES string of the molecule is Cc1cc(F)ccc1CCNC(N)=NCCC(C)C. The summed E-state index contributed by atoms with van der Waals surface area (Å²) in [5, 5.41) is 3.08. The van der Waals surface area contributed by atoms with Crippen molar-refractivity contribution in [1.82, 2.24) is 5.32 Å². The molecule has 0 aliphatic carbocycles. The Hall–Kier alpha value is -1.58. The first-order chi connectivity index (χ1) is 8.99. The van der Waals surface area contributed by atoms with E-state index in [1.54, 1.807) is 6.07 Å². The summed E-state index contributed by atoms with van der Waals surface area (Å²) in [7, 11) is 0. The van der Waals surface area contributed by atoms with Gasteiger partial charge < -0.3 is 11.1 Å². The lowest BCUT2D eigenvalue weighted by Gasteiger charge is -2.08. The third kappa shape index (κ3) is 6.22. The molecule has 0 amide bonds. The van der Waals surface area contributed by atoms with E-state index in [1.807, 2.05) is 13.0 Å². The van der Waals surface area contributed by atoms with Crippen LogP contribution in [0.2, 0.25) is 0 Å². The van der Waals surface area contributed by atoms with E-state index in [9.17, 15) is 4.39 Å². The minimum absolute atomic E-state index is 0.191. The van der Waals surface area contributed by atoms with Crippen LogP contribution in [0.4, 0.5) is 4.39 Å². The number of nitrogens with two attached hydrogens (primary N) is 1. The number of hydrogen-bond donors (Lipinski definition) is 2. The van der Waals surface area contributed by atoms with Gasteiger partial charge >= 0.3 is 0 Å². The third-order valence-corrected chi connectivity index (χ3v) is 2.99. The van der Waals surface area contributed by atoms with Gasteiger partial charge in [-0.1, -0.05) is 19.9 Å². The van der Waals surface area contributed by atoms with Gasteiger partial charge in [-0.2, -0.15) is 0 Å². The number of halogens is 1. The molecule has 0 heterocycles. The van der Waals surface area contributed by atoms with Crippen molar-refractivity contribution in [3.63, 3.8) is 0 Å². The number of guanidine groups is 1. The molecule has 106 valence electrons. The predicted octanol–water partition coefficient (Wildman–Crippen LogP) is 2.63. The lowest BCUT2D eigenvalue weighted by Crippen LogP contribution is -2.33. The molecule has 0 saturated carbocycles. The Labute approximate surface area is 115 Å². The molecule has 0 spiro atoms. The molecular weight excluding hydrogens is 241 g/mol. The van der Waals surface area contributed by atoms with Crippen LogP contribution in [0.3, 0.4) is 0 Å². The molecule has 0 aliphatic rings. The van der Waals surface area contributed by atoms with E-state index in [0.717, 1.165) is 30.5 Å². The zero-order chi connectivity index (χ0) is 14.3. The van der Waals surface area contributed by atoms with Crippen LogP contribution in [0.25, 0.3) is 0 Å². The fraction of sp³-hybridized carbons (Fsp3) is 0.533. The van der Waals surface area contributed by atoms with Gasteiger partial charge in [-0.15, -0.1) is 0 Å². The van der Waals surface area contributed by atoms with Crippen LogP contribution in [0.5, 0.6) is 0 Å². The summed E-state index contributed by atoms with van der Waals surface area (Å²) in [6.07, 6.45) is 1.85. The number of rotatable bonds is 6. The fourth-order valence-electron chi connectivity index (χ4n) is 1.76. The maximum absolute atomic E-state index is 12.9. The zero-order valence-electron chi connectivity index (χ0n) is 12.0. The van der Waals surface area contributed by atoms with Gasteiger partial charge in [0.2, 0.25) is 0 Å². The van der Waals surface area contributed by atoms with Gasteiger partial charge in [-0.25, -0.2) is 4.39 Å². The molecule has 0 unspecified atom stereocenters. The molecule has 19 heavy (non-hydrogen) atoms. The van der Waals surface area contributed by atoms with E-state index in [4.69, 9.17) is 5.73 Å². The van der Waals surface area contributed by atoms with Crippen molar-refractivity contribution < 1.29 is 4.39 Å². The highest BCUT2D eigenvalue weighted by Gasteiger charge is 2.00. The number of nitrogens with one attached hydrogen (secondary N) is 1. The highest BCUT2D eigenvalue weighted by atomic mass is 19.1. The molecule has 0 radical (unpaired) electrons. The van der Waals surface area contributed by atoms with E-state index >= 15 is 0 Å². The molecule has 0 atom stereocenters. The Morgan fingerprint density at radius 2 is 2.16 bits per heavy atom.